The van der Waals surface area contributed by atoms with Crippen molar-refractivity contribution < 1.29 is 18.7 Å². The second-order valence-corrected chi connectivity index (χ2v) is 7.65. The van der Waals surface area contributed by atoms with Crippen molar-refractivity contribution in [2.45, 2.75) is 31.0 Å². The van der Waals surface area contributed by atoms with Gasteiger partial charge in [-0.05, 0) is 48.2 Å². The minimum absolute atomic E-state index is 0.00584. The van der Waals surface area contributed by atoms with E-state index in [2.05, 4.69) is 17.4 Å². The summed E-state index contributed by atoms with van der Waals surface area (Å²) in [6.45, 7) is 2.31. The Hall–Kier alpha value is -2.28. The highest BCUT2D eigenvalue weighted by molar-refractivity contribution is 5.82. The first-order chi connectivity index (χ1) is 14.2. The predicted molar refractivity (Wildman–Crippen MR) is 108 cm³/mol. The molecule has 2 heterocycles. The van der Waals surface area contributed by atoms with Crippen molar-refractivity contribution in [3.05, 3.63) is 71.0 Å². The molecule has 5 nitrogen and oxygen atoms in total. The van der Waals surface area contributed by atoms with Crippen LogP contribution in [0, 0.1) is 5.82 Å². The molecule has 1 fully saturated rings. The molecule has 6 heteroatoms. The first-order valence-electron chi connectivity index (χ1n) is 10.1. The molecule has 2 aliphatic rings. The Morgan fingerprint density at radius 1 is 1.24 bits per heavy atom. The molecule has 1 N–H and O–H groups in total. The molecule has 0 saturated carbocycles. The summed E-state index contributed by atoms with van der Waals surface area (Å²) in [5.41, 5.74) is 3.24. The topological polar surface area (TPSA) is 50.8 Å². The molecule has 2 aliphatic heterocycles. The van der Waals surface area contributed by atoms with Crippen LogP contribution in [0.4, 0.5) is 4.39 Å². The van der Waals surface area contributed by atoms with Gasteiger partial charge in [0.15, 0.2) is 0 Å². The molecular weight excluding hydrogens is 371 g/mol. The molecule has 0 aromatic heterocycles. The Morgan fingerprint density at radius 2 is 2.03 bits per heavy atom. The Morgan fingerprint density at radius 3 is 2.83 bits per heavy atom. The Bertz CT molecular complexity index is 842. The van der Waals surface area contributed by atoms with E-state index in [0.717, 1.165) is 17.5 Å². The van der Waals surface area contributed by atoms with E-state index in [4.69, 9.17) is 9.47 Å². The monoisotopic (exact) mass is 398 g/mol. The van der Waals surface area contributed by atoms with E-state index < -0.39 is 6.10 Å². The van der Waals surface area contributed by atoms with Crippen LogP contribution < -0.4 is 5.32 Å². The van der Waals surface area contributed by atoms with Gasteiger partial charge in [-0.25, -0.2) is 4.39 Å². The van der Waals surface area contributed by atoms with E-state index in [1.54, 1.807) is 19.2 Å². The molecule has 0 aliphatic carbocycles. The highest BCUT2D eigenvalue weighted by Crippen LogP contribution is 2.36. The molecule has 3 atom stereocenters. The number of rotatable bonds is 4. The zero-order chi connectivity index (χ0) is 20.2. The summed E-state index contributed by atoms with van der Waals surface area (Å²) in [6.07, 6.45) is 0.932. The highest BCUT2D eigenvalue weighted by Gasteiger charge is 2.36. The first-order valence-corrected chi connectivity index (χ1v) is 10.1. The van der Waals surface area contributed by atoms with Crippen LogP contribution in [0.25, 0.3) is 0 Å². The van der Waals surface area contributed by atoms with Crippen molar-refractivity contribution in [3.8, 4) is 0 Å². The number of amides is 1. The van der Waals surface area contributed by atoms with E-state index in [-0.39, 0.29) is 23.8 Å². The zero-order valence-electron chi connectivity index (χ0n) is 16.6. The summed E-state index contributed by atoms with van der Waals surface area (Å²) in [5.74, 6) is -0.285. The van der Waals surface area contributed by atoms with Crippen LogP contribution in [-0.4, -0.2) is 56.4 Å². The summed E-state index contributed by atoms with van der Waals surface area (Å²) in [6, 6.07) is 14.5. The molecule has 0 radical (unpaired) electrons. The standard InChI is InChI=1S/C23H27FN2O3/c1-28-14-19-15-29-21(10-12-25-19)23(27)26-13-11-16-4-2-3-5-20(16)22(26)17-6-8-18(24)9-7-17/h2-9,19,21-22,25H,10-15H2,1H3/t19-,21-,22+/m1/s1. The average molecular weight is 398 g/mol. The normalized spacial score (nSPS) is 24.6. The van der Waals surface area contributed by atoms with Gasteiger partial charge in [-0.1, -0.05) is 36.4 Å². The van der Waals surface area contributed by atoms with Gasteiger partial charge in [-0.3, -0.25) is 4.79 Å². The number of nitrogens with one attached hydrogen (secondary N) is 1. The third-order valence-electron chi connectivity index (χ3n) is 5.73. The highest BCUT2D eigenvalue weighted by atomic mass is 19.1. The van der Waals surface area contributed by atoms with Crippen LogP contribution in [0.3, 0.4) is 0 Å². The Kier molecular flexibility index (Phi) is 6.23. The quantitative estimate of drug-likeness (QED) is 0.861. The van der Waals surface area contributed by atoms with Crippen molar-refractivity contribution in [2.75, 3.05) is 33.4 Å². The summed E-state index contributed by atoms with van der Waals surface area (Å²) in [7, 11) is 1.66. The van der Waals surface area contributed by atoms with Crippen molar-refractivity contribution in [3.63, 3.8) is 0 Å². The molecule has 154 valence electrons. The van der Waals surface area contributed by atoms with E-state index in [9.17, 15) is 9.18 Å². The fourth-order valence-corrected chi connectivity index (χ4v) is 4.29. The molecule has 0 spiro atoms. The Labute approximate surface area is 170 Å². The van der Waals surface area contributed by atoms with E-state index >= 15 is 0 Å². The molecule has 1 saturated heterocycles. The van der Waals surface area contributed by atoms with Crippen LogP contribution >= 0.6 is 0 Å². The number of ether oxygens (including phenoxy) is 2. The number of halogens is 1. The van der Waals surface area contributed by atoms with Crippen LogP contribution in [-0.2, 0) is 20.7 Å². The summed E-state index contributed by atoms with van der Waals surface area (Å²) < 4.78 is 24.7. The Balaban J connectivity index is 1.61. The summed E-state index contributed by atoms with van der Waals surface area (Å²) in [5, 5.41) is 3.37. The molecule has 29 heavy (non-hydrogen) atoms. The number of fused-ring (bicyclic) bond motifs is 1. The lowest BCUT2D eigenvalue weighted by Crippen LogP contribution is -2.46. The minimum Gasteiger partial charge on any atom is -0.383 e. The molecule has 0 bridgehead atoms. The number of methoxy groups -OCH3 is 1. The fraction of sp³-hybridized carbons (Fsp3) is 0.435. The minimum atomic E-state index is -0.488. The van der Waals surface area contributed by atoms with Gasteiger partial charge in [0.1, 0.15) is 11.9 Å². The van der Waals surface area contributed by atoms with Crippen molar-refractivity contribution in [1.29, 1.82) is 0 Å². The van der Waals surface area contributed by atoms with Crippen molar-refractivity contribution in [2.24, 2.45) is 0 Å². The van der Waals surface area contributed by atoms with Gasteiger partial charge in [0.2, 0.25) is 0 Å². The fourth-order valence-electron chi connectivity index (χ4n) is 4.29. The van der Waals surface area contributed by atoms with Gasteiger partial charge < -0.3 is 19.7 Å². The molecular formula is C23H27FN2O3. The third kappa shape index (κ3) is 4.34. The molecule has 2 aromatic carbocycles. The smallest absolute Gasteiger partial charge is 0.252 e. The van der Waals surface area contributed by atoms with E-state index in [1.807, 2.05) is 17.0 Å². The van der Waals surface area contributed by atoms with Crippen LogP contribution in [0.15, 0.2) is 48.5 Å². The van der Waals surface area contributed by atoms with Gasteiger partial charge in [0.25, 0.3) is 5.91 Å². The van der Waals surface area contributed by atoms with Gasteiger partial charge in [-0.15, -0.1) is 0 Å². The van der Waals surface area contributed by atoms with Crippen molar-refractivity contribution in [1.82, 2.24) is 10.2 Å². The number of nitrogens with zero attached hydrogens (tertiary/aromatic N) is 1. The van der Waals surface area contributed by atoms with E-state index in [1.165, 1.54) is 17.7 Å². The maximum Gasteiger partial charge on any atom is 0.252 e. The van der Waals surface area contributed by atoms with Gasteiger partial charge >= 0.3 is 0 Å². The average Bonchev–Trinajstić information content (AvgIpc) is 2.99. The van der Waals surface area contributed by atoms with Crippen LogP contribution in [0.1, 0.15) is 29.2 Å². The molecule has 1 amide bonds. The lowest BCUT2D eigenvalue weighted by atomic mass is 9.87. The maximum absolute atomic E-state index is 13.5. The predicted octanol–water partition coefficient (Wildman–Crippen LogP) is 2.69. The van der Waals surface area contributed by atoms with Crippen LogP contribution in [0.5, 0.6) is 0 Å². The van der Waals surface area contributed by atoms with Crippen molar-refractivity contribution >= 4 is 5.91 Å². The van der Waals surface area contributed by atoms with Crippen LogP contribution in [0.2, 0.25) is 0 Å². The third-order valence-corrected chi connectivity index (χ3v) is 5.73. The van der Waals surface area contributed by atoms with Gasteiger partial charge in [0.05, 0.1) is 25.3 Å². The number of carbonyl (C=O) groups is 1. The van der Waals surface area contributed by atoms with Gasteiger partial charge in [0, 0.05) is 13.7 Å². The zero-order valence-corrected chi connectivity index (χ0v) is 16.6. The number of benzene rings is 2. The second-order valence-electron chi connectivity index (χ2n) is 7.65. The maximum atomic E-state index is 13.5. The number of carbonyl (C=O) groups excluding carboxylic acids is 1. The molecule has 2 aromatic rings. The second kappa shape index (κ2) is 9.03. The lowest BCUT2D eigenvalue weighted by Gasteiger charge is -2.39. The summed E-state index contributed by atoms with van der Waals surface area (Å²) in [4.78, 5) is 15.4. The van der Waals surface area contributed by atoms with Gasteiger partial charge in [-0.2, -0.15) is 0 Å². The summed E-state index contributed by atoms with van der Waals surface area (Å²) >= 11 is 0. The number of hydrogen-bond donors (Lipinski definition) is 1. The SMILES string of the molecule is COC[C@@H]1CO[C@@H](C(=O)N2CCc3ccccc3[C@@H]2c2ccc(F)cc2)CCN1. The molecule has 4 rings (SSSR count). The number of hydrogen-bond acceptors (Lipinski definition) is 4. The lowest BCUT2D eigenvalue weighted by molar-refractivity contribution is -0.146. The van der Waals surface area contributed by atoms with E-state index in [0.29, 0.717) is 32.7 Å². The first kappa shape index (κ1) is 20.0. The molecule has 0 unspecified atom stereocenters. The largest absolute Gasteiger partial charge is 0.383 e.